The molecule has 106 valence electrons. The molecule has 0 bridgehead atoms. The van der Waals surface area contributed by atoms with E-state index in [-0.39, 0.29) is 23.6 Å². The van der Waals surface area contributed by atoms with Crippen LogP contribution in [0.4, 0.5) is 17.6 Å². The van der Waals surface area contributed by atoms with Crippen molar-refractivity contribution in [3.05, 3.63) is 35.1 Å². The van der Waals surface area contributed by atoms with Crippen LogP contribution in [0, 0.1) is 12.7 Å². The number of hydrogen-bond acceptors (Lipinski definition) is 1. The number of hydrogen-bond donors (Lipinski definition) is 0. The number of benzene rings is 1. The van der Waals surface area contributed by atoms with Gasteiger partial charge in [0.25, 0.3) is 5.91 Å². The number of carbonyl (C=O) groups excluding carboxylic acids is 1. The first kappa shape index (κ1) is 15.8. The van der Waals surface area contributed by atoms with Crippen molar-refractivity contribution in [1.29, 1.82) is 0 Å². The van der Waals surface area contributed by atoms with E-state index in [0.717, 1.165) is 6.07 Å². The van der Waals surface area contributed by atoms with Gasteiger partial charge in [0, 0.05) is 12.4 Å². The van der Waals surface area contributed by atoms with Gasteiger partial charge in [0.1, 0.15) is 12.4 Å². The summed E-state index contributed by atoms with van der Waals surface area (Å²) in [6, 6.07) is 4.00. The third-order valence-corrected chi connectivity index (χ3v) is 2.60. The first-order valence-electron chi connectivity index (χ1n) is 5.43. The maximum absolute atomic E-state index is 13.7. The second kappa shape index (κ2) is 6.23. The molecule has 0 unspecified atom stereocenters. The Bertz CT molecular complexity index is 462. The Kier molecular flexibility index (Phi) is 5.17. The van der Waals surface area contributed by atoms with Gasteiger partial charge in [-0.2, -0.15) is 13.2 Å². The fourth-order valence-electron chi connectivity index (χ4n) is 1.55. The first-order valence-corrected chi connectivity index (χ1v) is 5.97. The second-order valence-electron chi connectivity index (χ2n) is 3.97. The molecule has 1 aromatic rings. The van der Waals surface area contributed by atoms with Crippen molar-refractivity contribution in [3.8, 4) is 0 Å². The molecule has 0 saturated heterocycles. The lowest BCUT2D eigenvalue weighted by atomic mass is 10.1. The van der Waals surface area contributed by atoms with Gasteiger partial charge in [0.2, 0.25) is 0 Å². The molecule has 0 aliphatic heterocycles. The predicted molar refractivity (Wildman–Crippen MR) is 63.8 cm³/mol. The lowest BCUT2D eigenvalue weighted by Crippen LogP contribution is -2.40. The average Bonchev–Trinajstić information content (AvgIpc) is 2.30. The van der Waals surface area contributed by atoms with Gasteiger partial charge in [-0.05, 0) is 18.6 Å². The van der Waals surface area contributed by atoms with Gasteiger partial charge in [-0.1, -0.05) is 12.1 Å². The summed E-state index contributed by atoms with van der Waals surface area (Å²) in [5, 5.41) is 0. The van der Waals surface area contributed by atoms with Crippen LogP contribution in [0.5, 0.6) is 0 Å². The summed E-state index contributed by atoms with van der Waals surface area (Å²) in [6.07, 6.45) is -4.55. The normalized spacial score (nSPS) is 11.5. The molecule has 0 saturated carbocycles. The topological polar surface area (TPSA) is 20.3 Å². The molecular formula is C12H12ClF4NO. The molecule has 0 spiro atoms. The third-order valence-electron chi connectivity index (χ3n) is 2.43. The fraction of sp³-hybridized carbons (Fsp3) is 0.417. The second-order valence-corrected chi connectivity index (χ2v) is 4.35. The molecule has 0 fully saturated rings. The lowest BCUT2D eigenvalue weighted by molar-refractivity contribution is -0.140. The van der Waals surface area contributed by atoms with Crippen LogP contribution in [0.2, 0.25) is 0 Å². The van der Waals surface area contributed by atoms with Crippen LogP contribution < -0.4 is 0 Å². The summed E-state index contributed by atoms with van der Waals surface area (Å²) in [6.45, 7) is -0.318. The number of alkyl halides is 4. The largest absolute Gasteiger partial charge is 0.406 e. The van der Waals surface area contributed by atoms with Crippen LogP contribution in [0.1, 0.15) is 15.9 Å². The number of halogens is 5. The van der Waals surface area contributed by atoms with Crippen molar-refractivity contribution in [2.45, 2.75) is 13.1 Å². The van der Waals surface area contributed by atoms with Crippen molar-refractivity contribution in [3.63, 3.8) is 0 Å². The van der Waals surface area contributed by atoms with E-state index in [2.05, 4.69) is 0 Å². The fourth-order valence-corrected chi connectivity index (χ4v) is 1.76. The Labute approximate surface area is 113 Å². The van der Waals surface area contributed by atoms with Gasteiger partial charge in [-0.25, -0.2) is 4.39 Å². The standard InChI is InChI=1S/C12H12ClF4NO/c1-8-3-2-4-9(10(8)14)11(19)18(6-5-13)7-12(15,16)17/h2-4H,5-7H2,1H3. The summed E-state index contributed by atoms with van der Waals surface area (Å²) in [4.78, 5) is 12.4. The number of carbonyl (C=O) groups is 1. The molecule has 0 radical (unpaired) electrons. The van der Waals surface area contributed by atoms with Crippen molar-refractivity contribution in [1.82, 2.24) is 4.90 Å². The summed E-state index contributed by atoms with van der Waals surface area (Å²) in [5.41, 5.74) is -0.182. The maximum atomic E-state index is 13.7. The molecule has 1 amide bonds. The van der Waals surface area contributed by atoms with Crippen molar-refractivity contribution >= 4 is 17.5 Å². The summed E-state index contributed by atoms with van der Waals surface area (Å²) >= 11 is 5.37. The molecule has 1 rings (SSSR count). The Morgan fingerprint density at radius 1 is 1.37 bits per heavy atom. The zero-order valence-electron chi connectivity index (χ0n) is 10.1. The highest BCUT2D eigenvalue weighted by atomic mass is 35.5. The molecule has 1 aromatic carbocycles. The number of nitrogens with zero attached hydrogens (tertiary/aromatic N) is 1. The van der Waals surface area contributed by atoms with Crippen LogP contribution in [0.25, 0.3) is 0 Å². The van der Waals surface area contributed by atoms with E-state index in [0.29, 0.717) is 4.90 Å². The van der Waals surface area contributed by atoms with E-state index >= 15 is 0 Å². The van der Waals surface area contributed by atoms with E-state index in [1.54, 1.807) is 0 Å². The highest BCUT2D eigenvalue weighted by molar-refractivity contribution is 6.18. The number of aryl methyl sites for hydroxylation is 1. The van der Waals surface area contributed by atoms with Gasteiger partial charge < -0.3 is 4.90 Å². The minimum Gasteiger partial charge on any atom is -0.328 e. The van der Waals surface area contributed by atoms with E-state index < -0.39 is 24.4 Å². The molecule has 7 heteroatoms. The van der Waals surface area contributed by atoms with E-state index in [1.807, 2.05) is 0 Å². The lowest BCUT2D eigenvalue weighted by Gasteiger charge is -2.23. The maximum Gasteiger partial charge on any atom is 0.406 e. The van der Waals surface area contributed by atoms with Crippen LogP contribution in [-0.4, -0.2) is 36.0 Å². The SMILES string of the molecule is Cc1cccc(C(=O)N(CCCl)CC(F)(F)F)c1F. The van der Waals surface area contributed by atoms with Crippen molar-refractivity contribution in [2.75, 3.05) is 19.0 Å². The Balaban J connectivity index is 3.02. The van der Waals surface area contributed by atoms with Crippen LogP contribution in [-0.2, 0) is 0 Å². The minimum atomic E-state index is -4.55. The predicted octanol–water partition coefficient (Wildman–Crippen LogP) is 3.38. The van der Waals surface area contributed by atoms with Crippen LogP contribution >= 0.6 is 11.6 Å². The molecule has 0 aliphatic carbocycles. The Morgan fingerprint density at radius 2 is 2.00 bits per heavy atom. The van der Waals surface area contributed by atoms with Crippen molar-refractivity contribution < 1.29 is 22.4 Å². The summed E-state index contributed by atoms with van der Waals surface area (Å²) in [7, 11) is 0. The molecule has 2 nitrogen and oxygen atoms in total. The van der Waals surface area contributed by atoms with E-state index in [1.165, 1.54) is 19.1 Å². The smallest absolute Gasteiger partial charge is 0.328 e. The molecule has 0 aromatic heterocycles. The number of amides is 1. The van der Waals surface area contributed by atoms with Crippen LogP contribution in [0.3, 0.4) is 0 Å². The van der Waals surface area contributed by atoms with Gasteiger partial charge in [0.15, 0.2) is 0 Å². The van der Waals surface area contributed by atoms with Crippen molar-refractivity contribution in [2.24, 2.45) is 0 Å². The highest BCUT2D eigenvalue weighted by Crippen LogP contribution is 2.20. The summed E-state index contributed by atoms with van der Waals surface area (Å²) < 4.78 is 50.8. The monoisotopic (exact) mass is 297 g/mol. The molecule has 0 aliphatic rings. The van der Waals surface area contributed by atoms with E-state index in [9.17, 15) is 22.4 Å². The quantitative estimate of drug-likeness (QED) is 0.616. The molecule has 0 N–H and O–H groups in total. The summed E-state index contributed by atoms with van der Waals surface area (Å²) in [5.74, 6) is -1.98. The molecule has 19 heavy (non-hydrogen) atoms. The van der Waals surface area contributed by atoms with E-state index in [4.69, 9.17) is 11.6 Å². The Morgan fingerprint density at radius 3 is 2.53 bits per heavy atom. The first-order chi connectivity index (χ1) is 8.76. The zero-order valence-corrected chi connectivity index (χ0v) is 10.9. The molecular weight excluding hydrogens is 286 g/mol. The van der Waals surface area contributed by atoms with Crippen LogP contribution in [0.15, 0.2) is 18.2 Å². The average molecular weight is 298 g/mol. The third kappa shape index (κ3) is 4.38. The molecule has 0 heterocycles. The number of rotatable bonds is 4. The van der Waals surface area contributed by atoms with Gasteiger partial charge >= 0.3 is 6.18 Å². The van der Waals surface area contributed by atoms with Gasteiger partial charge in [-0.3, -0.25) is 4.79 Å². The van der Waals surface area contributed by atoms with Gasteiger partial charge in [-0.15, -0.1) is 11.6 Å². The van der Waals surface area contributed by atoms with Gasteiger partial charge in [0.05, 0.1) is 5.56 Å². The zero-order chi connectivity index (χ0) is 14.6. The Hall–Kier alpha value is -1.30. The highest BCUT2D eigenvalue weighted by Gasteiger charge is 2.33. The molecule has 0 atom stereocenters. The minimum absolute atomic E-state index is 0.157.